The van der Waals surface area contributed by atoms with Gasteiger partial charge in [-0.3, -0.25) is 4.79 Å². The average molecular weight is 438 g/mol. The Labute approximate surface area is 188 Å². The minimum Gasteiger partial charge on any atom is -0.445 e. The van der Waals surface area contributed by atoms with Gasteiger partial charge < -0.3 is 25.3 Å². The zero-order valence-electron chi connectivity index (χ0n) is 18.9. The number of unbranched alkanes of at least 4 members (excludes halogenated alkanes) is 1. The summed E-state index contributed by atoms with van der Waals surface area (Å²) in [5.41, 5.74) is 9.16. The molecule has 0 spiro atoms. The van der Waals surface area contributed by atoms with Crippen LogP contribution in [-0.2, 0) is 17.9 Å². The van der Waals surface area contributed by atoms with Crippen LogP contribution in [0.15, 0.2) is 48.5 Å². The molecule has 2 aromatic carbocycles. The van der Waals surface area contributed by atoms with E-state index in [9.17, 15) is 9.59 Å². The second kappa shape index (κ2) is 10.7. The molecule has 0 aliphatic carbocycles. The number of benzene rings is 2. The van der Waals surface area contributed by atoms with Crippen LogP contribution in [0.1, 0.15) is 42.1 Å². The molecule has 3 N–H and O–H groups in total. The van der Waals surface area contributed by atoms with Crippen molar-refractivity contribution in [3.8, 4) is 0 Å². The molecule has 0 aliphatic rings. The number of nitrogens with two attached hydrogens (primary N) is 1. The van der Waals surface area contributed by atoms with E-state index in [1.807, 2.05) is 54.0 Å². The molecule has 3 aromatic rings. The first-order valence-corrected chi connectivity index (χ1v) is 10.8. The molecule has 0 saturated carbocycles. The summed E-state index contributed by atoms with van der Waals surface area (Å²) in [6.45, 7) is 2.85. The molecule has 8 nitrogen and oxygen atoms in total. The first-order chi connectivity index (χ1) is 15.4. The molecule has 0 fully saturated rings. The van der Waals surface area contributed by atoms with E-state index in [0.717, 1.165) is 30.3 Å². The molecule has 1 aromatic heterocycles. The van der Waals surface area contributed by atoms with Crippen molar-refractivity contribution in [2.24, 2.45) is 0 Å². The molecule has 0 saturated heterocycles. The topological polar surface area (TPSA) is 102 Å². The highest BCUT2D eigenvalue weighted by molar-refractivity contribution is 6.05. The summed E-state index contributed by atoms with van der Waals surface area (Å²) in [5.74, 6) is 0.318. The van der Waals surface area contributed by atoms with E-state index in [0.29, 0.717) is 23.6 Å². The number of fused-ring (bicyclic) bond motifs is 1. The van der Waals surface area contributed by atoms with Crippen LogP contribution in [0.2, 0.25) is 0 Å². The number of anilines is 1. The average Bonchev–Trinajstić information content (AvgIpc) is 3.10. The molecule has 0 radical (unpaired) electrons. The van der Waals surface area contributed by atoms with Crippen molar-refractivity contribution < 1.29 is 14.3 Å². The largest absolute Gasteiger partial charge is 0.445 e. The quantitative estimate of drug-likeness (QED) is 0.496. The second-order valence-electron chi connectivity index (χ2n) is 8.10. The van der Waals surface area contributed by atoms with Crippen LogP contribution < -0.4 is 11.1 Å². The lowest BCUT2D eigenvalue weighted by molar-refractivity contribution is 0.0829. The van der Waals surface area contributed by atoms with Gasteiger partial charge in [-0.25, -0.2) is 9.78 Å². The van der Waals surface area contributed by atoms with Gasteiger partial charge in [-0.1, -0.05) is 36.4 Å². The number of para-hydroxylation sites is 1. The summed E-state index contributed by atoms with van der Waals surface area (Å²) in [4.78, 5) is 30.5. The lowest BCUT2D eigenvalue weighted by Crippen LogP contribution is -2.32. The number of rotatable bonds is 9. The van der Waals surface area contributed by atoms with Gasteiger partial charge >= 0.3 is 6.09 Å². The molecule has 1 heterocycles. The highest BCUT2D eigenvalue weighted by atomic mass is 16.5. The van der Waals surface area contributed by atoms with Crippen molar-refractivity contribution >= 4 is 29.0 Å². The number of amides is 2. The molecule has 0 unspecified atom stereocenters. The Hall–Kier alpha value is -3.55. The number of aryl methyl sites for hydroxylation is 1. The van der Waals surface area contributed by atoms with E-state index in [-0.39, 0.29) is 18.6 Å². The van der Waals surface area contributed by atoms with Crippen LogP contribution in [0.5, 0.6) is 0 Å². The van der Waals surface area contributed by atoms with Crippen molar-refractivity contribution in [3.63, 3.8) is 0 Å². The van der Waals surface area contributed by atoms with Gasteiger partial charge in [0.05, 0.1) is 16.6 Å². The molecular formula is C24H31N5O3. The number of alkyl carbamates (subject to hydrolysis) is 1. The maximum Gasteiger partial charge on any atom is 0.407 e. The van der Waals surface area contributed by atoms with Crippen molar-refractivity contribution in [1.29, 1.82) is 0 Å². The third-order valence-electron chi connectivity index (χ3n) is 5.28. The Kier molecular flexibility index (Phi) is 7.70. The minimum atomic E-state index is -0.418. The van der Waals surface area contributed by atoms with Gasteiger partial charge in [-0.05, 0) is 43.9 Å². The molecule has 32 heavy (non-hydrogen) atoms. The highest BCUT2D eigenvalue weighted by Crippen LogP contribution is 2.23. The van der Waals surface area contributed by atoms with Crippen molar-refractivity contribution in [3.05, 3.63) is 59.7 Å². The highest BCUT2D eigenvalue weighted by Gasteiger charge is 2.18. The third kappa shape index (κ3) is 5.78. The van der Waals surface area contributed by atoms with Gasteiger partial charge in [-0.15, -0.1) is 0 Å². The number of nitrogens with zero attached hydrogens (tertiary/aromatic N) is 3. The van der Waals surface area contributed by atoms with Crippen LogP contribution in [0.4, 0.5) is 10.7 Å². The fourth-order valence-electron chi connectivity index (χ4n) is 3.60. The number of aromatic nitrogens is 2. The fourth-order valence-corrected chi connectivity index (χ4v) is 3.60. The first kappa shape index (κ1) is 23.1. The maximum absolute atomic E-state index is 12.6. The van der Waals surface area contributed by atoms with Gasteiger partial charge in [-0.2, -0.15) is 0 Å². The predicted molar refractivity (Wildman–Crippen MR) is 125 cm³/mol. The van der Waals surface area contributed by atoms with Gasteiger partial charge in [0.1, 0.15) is 6.61 Å². The molecule has 170 valence electrons. The normalized spacial score (nSPS) is 11.8. The fraction of sp³-hybridized carbons (Fsp3) is 0.375. The summed E-state index contributed by atoms with van der Waals surface area (Å²) in [7, 11) is 3.45. The molecule has 3 rings (SSSR count). The lowest BCUT2D eigenvalue weighted by Gasteiger charge is -2.15. The van der Waals surface area contributed by atoms with Crippen molar-refractivity contribution in [2.75, 3.05) is 19.8 Å². The maximum atomic E-state index is 12.6. The zero-order chi connectivity index (χ0) is 23.1. The zero-order valence-corrected chi connectivity index (χ0v) is 18.9. The summed E-state index contributed by atoms with van der Waals surface area (Å²) in [6, 6.07) is 15.0. The monoisotopic (exact) mass is 437 g/mol. The number of carbonyl (C=O) groups excluding carboxylic acids is 2. The number of carbonyl (C=O) groups is 2. The van der Waals surface area contributed by atoms with Crippen LogP contribution >= 0.6 is 0 Å². The van der Waals surface area contributed by atoms with Crippen LogP contribution in [-0.4, -0.2) is 46.6 Å². The van der Waals surface area contributed by atoms with Crippen LogP contribution in [0.25, 0.3) is 11.0 Å². The van der Waals surface area contributed by atoms with Gasteiger partial charge in [0.2, 0.25) is 5.95 Å². The van der Waals surface area contributed by atoms with Crippen molar-refractivity contribution in [1.82, 2.24) is 19.8 Å². The number of ether oxygens (including phenoxy) is 1. The predicted octanol–water partition coefficient (Wildman–Crippen LogP) is 3.81. The smallest absolute Gasteiger partial charge is 0.407 e. The molecule has 0 bridgehead atoms. The van der Waals surface area contributed by atoms with E-state index in [2.05, 4.69) is 10.3 Å². The lowest BCUT2D eigenvalue weighted by atomic mass is 10.1. The Bertz CT molecular complexity index is 1060. The van der Waals surface area contributed by atoms with E-state index in [1.54, 1.807) is 25.1 Å². The molecule has 1 atom stereocenters. The standard InChI is InChI=1S/C24H31N5O3/c1-17(26-24(31)32-16-18-11-5-4-6-12-18)10-7-8-15-29-21-19(22(30)28(2)3)13-9-14-20(21)27-23(29)25/h4-6,9,11-14,17H,7-8,10,15-16H2,1-3H3,(H2,25,27)(H,26,31)/t17-/m0/s1. The Morgan fingerprint density at radius 3 is 2.59 bits per heavy atom. The summed E-state index contributed by atoms with van der Waals surface area (Å²) in [5, 5.41) is 2.87. The molecule has 0 aliphatic heterocycles. The first-order valence-electron chi connectivity index (χ1n) is 10.8. The number of nitrogen functional groups attached to an aromatic ring is 1. The van der Waals surface area contributed by atoms with Crippen LogP contribution in [0.3, 0.4) is 0 Å². The Balaban J connectivity index is 1.50. The number of hydrogen-bond acceptors (Lipinski definition) is 5. The van der Waals surface area contributed by atoms with E-state index in [1.165, 1.54) is 0 Å². The van der Waals surface area contributed by atoms with Gasteiger partial charge in [0.15, 0.2) is 0 Å². The van der Waals surface area contributed by atoms with Crippen molar-refractivity contribution in [2.45, 2.75) is 45.4 Å². The number of imidazole rings is 1. The van der Waals surface area contributed by atoms with E-state index in [4.69, 9.17) is 10.5 Å². The molecular weight excluding hydrogens is 406 g/mol. The summed E-state index contributed by atoms with van der Waals surface area (Å²) < 4.78 is 7.17. The van der Waals surface area contributed by atoms with E-state index >= 15 is 0 Å². The van der Waals surface area contributed by atoms with E-state index < -0.39 is 6.09 Å². The second-order valence-corrected chi connectivity index (χ2v) is 8.10. The molecule has 2 amide bonds. The van der Waals surface area contributed by atoms with Gasteiger partial charge in [0, 0.05) is 26.7 Å². The Morgan fingerprint density at radius 2 is 1.88 bits per heavy atom. The number of hydrogen-bond donors (Lipinski definition) is 2. The molecule has 8 heteroatoms. The SMILES string of the molecule is C[C@@H](CCCCn1c(N)nc2cccc(C(=O)N(C)C)c21)NC(=O)OCc1ccccc1. The van der Waals surface area contributed by atoms with Gasteiger partial charge in [0.25, 0.3) is 5.91 Å². The number of nitrogens with one attached hydrogen (secondary N) is 1. The third-order valence-corrected chi connectivity index (χ3v) is 5.28. The summed E-state index contributed by atoms with van der Waals surface area (Å²) in [6.07, 6.45) is 2.10. The summed E-state index contributed by atoms with van der Waals surface area (Å²) >= 11 is 0. The van der Waals surface area contributed by atoms with Crippen LogP contribution in [0, 0.1) is 0 Å². The Morgan fingerprint density at radius 1 is 1.12 bits per heavy atom. The minimum absolute atomic E-state index is 0.0129.